The fourth-order valence-electron chi connectivity index (χ4n) is 1.94. The molecule has 0 unspecified atom stereocenters. The maximum atomic E-state index is 11.5. The Morgan fingerprint density at radius 3 is 2.70 bits per heavy atom. The second-order valence-corrected chi connectivity index (χ2v) is 4.37. The molecule has 0 saturated heterocycles. The average molecular weight is 272 g/mol. The number of carbonyl (C=O) groups excluding carboxylic acids is 1. The van der Waals surface area contributed by atoms with Gasteiger partial charge in [-0.05, 0) is 35.7 Å². The molecule has 0 aliphatic rings. The maximum absolute atomic E-state index is 11.5. The number of nitrogens with two attached hydrogens (primary N) is 3. The van der Waals surface area contributed by atoms with Crippen LogP contribution in [0.2, 0.25) is 0 Å². The number of esters is 1. The van der Waals surface area contributed by atoms with Crippen LogP contribution in [-0.2, 0) is 11.2 Å². The fourth-order valence-corrected chi connectivity index (χ4v) is 1.94. The lowest BCUT2D eigenvalue weighted by molar-refractivity contribution is 0.0600. The number of carbonyl (C=O) groups is 1. The van der Waals surface area contributed by atoms with Crippen LogP contribution in [-0.4, -0.2) is 18.1 Å². The van der Waals surface area contributed by atoms with Crippen molar-refractivity contribution in [2.45, 2.75) is 6.42 Å². The van der Waals surface area contributed by atoms with Crippen molar-refractivity contribution in [3.8, 4) is 0 Å². The van der Waals surface area contributed by atoms with Crippen LogP contribution in [0.15, 0.2) is 30.3 Å². The van der Waals surface area contributed by atoms with Gasteiger partial charge in [0.05, 0.1) is 18.4 Å². The van der Waals surface area contributed by atoms with Gasteiger partial charge in [-0.3, -0.25) is 0 Å². The summed E-state index contributed by atoms with van der Waals surface area (Å²) in [4.78, 5) is 15.4. The van der Waals surface area contributed by atoms with Crippen molar-refractivity contribution in [1.82, 2.24) is 4.98 Å². The molecule has 6 nitrogen and oxygen atoms in total. The van der Waals surface area contributed by atoms with Crippen LogP contribution >= 0.6 is 0 Å². The van der Waals surface area contributed by atoms with E-state index in [0.29, 0.717) is 23.5 Å². The normalized spacial score (nSPS) is 10.2. The Bertz CT molecular complexity index is 656. The second-order valence-electron chi connectivity index (χ2n) is 4.37. The van der Waals surface area contributed by atoms with E-state index in [1.54, 1.807) is 24.3 Å². The SMILES string of the molecule is COC(=O)c1cccc(Cc2cc(N)nc(N)c2N)c1. The largest absolute Gasteiger partial charge is 0.465 e. The minimum atomic E-state index is -0.381. The summed E-state index contributed by atoms with van der Waals surface area (Å²) in [6, 6.07) is 8.78. The van der Waals surface area contributed by atoms with Crippen LogP contribution in [0.4, 0.5) is 17.3 Å². The molecule has 0 fully saturated rings. The first-order chi connectivity index (χ1) is 9.51. The molecule has 0 bridgehead atoms. The number of benzene rings is 1. The fraction of sp³-hybridized carbons (Fsp3) is 0.143. The van der Waals surface area contributed by atoms with Gasteiger partial charge < -0.3 is 21.9 Å². The van der Waals surface area contributed by atoms with Crippen molar-refractivity contribution in [3.05, 3.63) is 47.0 Å². The van der Waals surface area contributed by atoms with E-state index in [4.69, 9.17) is 17.2 Å². The van der Waals surface area contributed by atoms with Crippen molar-refractivity contribution in [3.63, 3.8) is 0 Å². The highest BCUT2D eigenvalue weighted by Crippen LogP contribution is 2.23. The number of nitrogens with zero attached hydrogens (tertiary/aromatic N) is 1. The predicted molar refractivity (Wildman–Crippen MR) is 78.1 cm³/mol. The first-order valence-corrected chi connectivity index (χ1v) is 5.99. The highest BCUT2D eigenvalue weighted by molar-refractivity contribution is 5.89. The lowest BCUT2D eigenvalue weighted by Crippen LogP contribution is -2.06. The lowest BCUT2D eigenvalue weighted by atomic mass is 10.0. The van der Waals surface area contributed by atoms with E-state index in [9.17, 15) is 4.79 Å². The second kappa shape index (κ2) is 5.48. The molecule has 1 aromatic heterocycles. The third-order valence-corrected chi connectivity index (χ3v) is 2.94. The highest BCUT2D eigenvalue weighted by atomic mass is 16.5. The van der Waals surface area contributed by atoms with E-state index in [2.05, 4.69) is 9.72 Å². The molecule has 20 heavy (non-hydrogen) atoms. The molecule has 6 heteroatoms. The monoisotopic (exact) mass is 272 g/mol. The Hall–Kier alpha value is -2.76. The Balaban J connectivity index is 2.33. The van der Waals surface area contributed by atoms with Gasteiger partial charge >= 0.3 is 5.97 Å². The van der Waals surface area contributed by atoms with Crippen LogP contribution in [0.25, 0.3) is 0 Å². The number of rotatable bonds is 3. The molecule has 2 rings (SSSR count). The van der Waals surface area contributed by atoms with E-state index in [-0.39, 0.29) is 11.8 Å². The smallest absolute Gasteiger partial charge is 0.337 e. The Kier molecular flexibility index (Phi) is 3.74. The van der Waals surface area contributed by atoms with E-state index >= 15 is 0 Å². The molecule has 6 N–H and O–H groups in total. The van der Waals surface area contributed by atoms with E-state index < -0.39 is 0 Å². The molecule has 0 amide bonds. The number of nitrogen functional groups attached to an aromatic ring is 3. The number of aromatic nitrogens is 1. The molecule has 104 valence electrons. The molecule has 0 radical (unpaired) electrons. The zero-order valence-corrected chi connectivity index (χ0v) is 11.1. The molecule has 1 heterocycles. The molecule has 0 spiro atoms. The predicted octanol–water partition coefficient (Wildman–Crippen LogP) is 1.21. The topological polar surface area (TPSA) is 117 Å². The van der Waals surface area contributed by atoms with Crippen LogP contribution in [0.1, 0.15) is 21.5 Å². The van der Waals surface area contributed by atoms with E-state index in [1.165, 1.54) is 7.11 Å². The number of pyridine rings is 1. The van der Waals surface area contributed by atoms with Gasteiger partial charge in [-0.15, -0.1) is 0 Å². The summed E-state index contributed by atoms with van der Waals surface area (Å²) in [6.07, 6.45) is 0.508. The first-order valence-electron chi connectivity index (χ1n) is 5.99. The van der Waals surface area contributed by atoms with Crippen LogP contribution in [0.5, 0.6) is 0 Å². The Morgan fingerprint density at radius 2 is 2.00 bits per heavy atom. The van der Waals surface area contributed by atoms with Crippen molar-refractivity contribution >= 4 is 23.3 Å². The van der Waals surface area contributed by atoms with Gasteiger partial charge in [0.2, 0.25) is 0 Å². The first kappa shape index (κ1) is 13.7. The van der Waals surface area contributed by atoms with Crippen LogP contribution in [0.3, 0.4) is 0 Å². The molecular formula is C14H16N4O2. The van der Waals surface area contributed by atoms with Gasteiger partial charge in [-0.1, -0.05) is 12.1 Å². The summed E-state index contributed by atoms with van der Waals surface area (Å²) in [5.74, 6) is 0.147. The zero-order valence-electron chi connectivity index (χ0n) is 11.1. The van der Waals surface area contributed by atoms with Crippen molar-refractivity contribution in [2.24, 2.45) is 0 Å². The standard InChI is InChI=1S/C14H16N4O2/c1-20-14(19)9-4-2-3-8(5-9)6-10-7-11(15)18-13(17)12(10)16/h2-5,7H,6,16H2,1H3,(H4,15,17,18). The highest BCUT2D eigenvalue weighted by Gasteiger charge is 2.09. The average Bonchev–Trinajstić information content (AvgIpc) is 2.43. The maximum Gasteiger partial charge on any atom is 0.337 e. The zero-order chi connectivity index (χ0) is 14.7. The van der Waals surface area contributed by atoms with Crippen molar-refractivity contribution in [1.29, 1.82) is 0 Å². The van der Waals surface area contributed by atoms with E-state index in [1.807, 2.05) is 6.07 Å². The van der Waals surface area contributed by atoms with E-state index in [0.717, 1.165) is 11.1 Å². The lowest BCUT2D eigenvalue weighted by Gasteiger charge is -2.09. The molecular weight excluding hydrogens is 256 g/mol. The summed E-state index contributed by atoms with van der Waals surface area (Å²) in [5.41, 5.74) is 19.8. The number of anilines is 3. The number of hydrogen-bond acceptors (Lipinski definition) is 6. The van der Waals surface area contributed by atoms with Gasteiger partial charge in [-0.25, -0.2) is 9.78 Å². The Labute approximate surface area is 116 Å². The minimum Gasteiger partial charge on any atom is -0.465 e. The summed E-state index contributed by atoms with van der Waals surface area (Å²) in [7, 11) is 1.34. The van der Waals surface area contributed by atoms with Gasteiger partial charge in [0, 0.05) is 0 Å². The van der Waals surface area contributed by atoms with Gasteiger partial charge in [0.15, 0.2) is 0 Å². The molecule has 0 aliphatic carbocycles. The summed E-state index contributed by atoms with van der Waals surface area (Å²) in [6.45, 7) is 0. The third-order valence-electron chi connectivity index (χ3n) is 2.94. The Morgan fingerprint density at radius 1 is 1.25 bits per heavy atom. The number of hydrogen-bond donors (Lipinski definition) is 3. The van der Waals surface area contributed by atoms with Crippen molar-refractivity contribution in [2.75, 3.05) is 24.3 Å². The van der Waals surface area contributed by atoms with Crippen LogP contribution in [0, 0.1) is 0 Å². The van der Waals surface area contributed by atoms with Crippen molar-refractivity contribution < 1.29 is 9.53 Å². The molecule has 2 aromatic rings. The number of methoxy groups -OCH3 is 1. The summed E-state index contributed by atoms with van der Waals surface area (Å²) in [5, 5.41) is 0. The molecule has 1 aromatic carbocycles. The quantitative estimate of drug-likeness (QED) is 0.723. The number of ether oxygens (including phenoxy) is 1. The van der Waals surface area contributed by atoms with Gasteiger partial charge in [0.25, 0.3) is 0 Å². The third kappa shape index (κ3) is 2.80. The summed E-state index contributed by atoms with van der Waals surface area (Å²) >= 11 is 0. The molecule has 0 aliphatic heterocycles. The van der Waals surface area contributed by atoms with Gasteiger partial charge in [-0.2, -0.15) is 0 Å². The molecule has 0 saturated carbocycles. The van der Waals surface area contributed by atoms with Crippen LogP contribution < -0.4 is 17.2 Å². The molecule has 0 atom stereocenters. The minimum absolute atomic E-state index is 0.212. The summed E-state index contributed by atoms with van der Waals surface area (Å²) < 4.78 is 4.69. The van der Waals surface area contributed by atoms with Gasteiger partial charge in [0.1, 0.15) is 11.6 Å².